The number of hydrogen-bond donors (Lipinski definition) is 0. The summed E-state index contributed by atoms with van der Waals surface area (Å²) in [5.41, 5.74) is 0. The average Bonchev–Trinajstić information content (AvgIpc) is 2.70. The molecule has 0 bridgehead atoms. The molecule has 3 unspecified atom stereocenters. The number of ether oxygens (including phenoxy) is 1. The Bertz CT molecular complexity index is 236. The van der Waals surface area contributed by atoms with Gasteiger partial charge in [-0.25, -0.2) is 0 Å². The van der Waals surface area contributed by atoms with Gasteiger partial charge in [0.1, 0.15) is 10.4 Å². The van der Waals surface area contributed by atoms with Gasteiger partial charge >= 0.3 is 0 Å². The van der Waals surface area contributed by atoms with Gasteiger partial charge in [-0.2, -0.15) is 0 Å². The zero-order valence-electron chi connectivity index (χ0n) is 7.10. The van der Waals surface area contributed by atoms with Crippen molar-refractivity contribution in [3.63, 3.8) is 0 Å². The Morgan fingerprint density at radius 3 is 2.77 bits per heavy atom. The third-order valence-corrected chi connectivity index (χ3v) is 4.33. The molecule has 0 aromatic rings. The minimum Gasteiger partial charge on any atom is -0.349 e. The molecular weight excluding hydrogens is 230 g/mol. The molecule has 1 aliphatic carbocycles. The van der Waals surface area contributed by atoms with Crippen LogP contribution in [0.5, 0.6) is 0 Å². The van der Waals surface area contributed by atoms with E-state index in [0.29, 0.717) is 6.42 Å². The fourth-order valence-electron chi connectivity index (χ4n) is 2.03. The van der Waals surface area contributed by atoms with Crippen LogP contribution in [-0.2, 0) is 4.74 Å². The van der Waals surface area contributed by atoms with E-state index in [9.17, 15) is 0 Å². The molecule has 1 nitrogen and oxygen atoms in total. The summed E-state index contributed by atoms with van der Waals surface area (Å²) in [6.07, 6.45) is 4.23. The predicted molar refractivity (Wildman–Crippen MR) is 55.4 cm³/mol. The van der Waals surface area contributed by atoms with Crippen molar-refractivity contribution in [2.45, 2.75) is 34.8 Å². The maximum Gasteiger partial charge on any atom is 0.174 e. The minimum absolute atomic E-state index is 0.0405. The van der Waals surface area contributed by atoms with Crippen molar-refractivity contribution in [2.75, 3.05) is 0 Å². The van der Waals surface area contributed by atoms with E-state index in [1.165, 1.54) is 0 Å². The topological polar surface area (TPSA) is 12.5 Å². The Labute approximate surface area is 93.0 Å². The summed E-state index contributed by atoms with van der Waals surface area (Å²) in [6.45, 7) is 3.67. The highest BCUT2D eigenvalue weighted by atomic mass is 35.5. The number of hydrogen-bond acceptors (Lipinski definition) is 1. The van der Waals surface area contributed by atoms with Crippen LogP contribution in [0.25, 0.3) is 0 Å². The maximum absolute atomic E-state index is 6.24. The second-order valence-electron chi connectivity index (χ2n) is 3.68. The fourth-order valence-corrected chi connectivity index (χ4v) is 3.36. The summed E-state index contributed by atoms with van der Waals surface area (Å²) >= 11 is 18.6. The number of alkyl halides is 3. The van der Waals surface area contributed by atoms with E-state index in [2.05, 4.69) is 6.58 Å². The number of fused-ring (bicyclic) bond motifs is 1. The van der Waals surface area contributed by atoms with Crippen LogP contribution < -0.4 is 0 Å². The van der Waals surface area contributed by atoms with Gasteiger partial charge in [-0.15, -0.1) is 29.8 Å². The molecule has 1 saturated heterocycles. The van der Waals surface area contributed by atoms with Gasteiger partial charge in [0.25, 0.3) is 0 Å². The molecule has 1 aliphatic heterocycles. The molecule has 2 rings (SSSR count). The molecule has 0 aromatic heterocycles. The lowest BCUT2D eigenvalue weighted by Crippen LogP contribution is -2.40. The summed E-state index contributed by atoms with van der Waals surface area (Å²) in [5.74, 6) is -0.0405. The molecule has 0 radical (unpaired) electrons. The van der Waals surface area contributed by atoms with Crippen LogP contribution in [0, 0.1) is 5.92 Å². The third-order valence-electron chi connectivity index (χ3n) is 2.83. The quantitative estimate of drug-likeness (QED) is 0.410. The van der Waals surface area contributed by atoms with Crippen LogP contribution in [0.4, 0.5) is 0 Å². The summed E-state index contributed by atoms with van der Waals surface area (Å²) in [4.78, 5) is 0. The number of epoxide rings is 1. The van der Waals surface area contributed by atoms with Gasteiger partial charge in [-0.3, -0.25) is 0 Å². The zero-order valence-corrected chi connectivity index (χ0v) is 9.37. The Kier molecular flexibility index (Phi) is 2.35. The molecule has 1 saturated carbocycles. The van der Waals surface area contributed by atoms with Gasteiger partial charge < -0.3 is 4.74 Å². The average molecular weight is 242 g/mol. The van der Waals surface area contributed by atoms with Crippen LogP contribution in [0.15, 0.2) is 12.7 Å². The van der Waals surface area contributed by atoms with Gasteiger partial charge in [0.05, 0.1) is 0 Å². The van der Waals surface area contributed by atoms with Crippen molar-refractivity contribution < 1.29 is 4.74 Å². The van der Waals surface area contributed by atoms with Gasteiger partial charge in [-0.1, -0.05) is 17.7 Å². The van der Waals surface area contributed by atoms with Crippen molar-refractivity contribution in [3.8, 4) is 0 Å². The van der Waals surface area contributed by atoms with Crippen LogP contribution in [0.1, 0.15) is 19.3 Å². The van der Waals surface area contributed by atoms with Crippen LogP contribution in [0.2, 0.25) is 0 Å². The van der Waals surface area contributed by atoms with Gasteiger partial charge in [-0.05, 0) is 19.3 Å². The molecule has 3 atom stereocenters. The zero-order chi connectivity index (χ0) is 9.69. The molecule has 0 amide bonds. The highest BCUT2D eigenvalue weighted by Crippen LogP contribution is 2.61. The first-order chi connectivity index (χ1) is 6.00. The molecule has 4 heteroatoms. The highest BCUT2D eigenvalue weighted by molar-refractivity contribution is 6.49. The minimum atomic E-state index is -0.761. The smallest absolute Gasteiger partial charge is 0.174 e. The summed E-state index contributed by atoms with van der Waals surface area (Å²) in [5, 5.41) is -0.615. The van der Waals surface area contributed by atoms with E-state index >= 15 is 0 Å². The first-order valence-electron chi connectivity index (χ1n) is 4.36. The molecule has 2 aliphatic rings. The van der Waals surface area contributed by atoms with E-state index in [1.807, 2.05) is 0 Å². The summed E-state index contributed by atoms with van der Waals surface area (Å²) in [6, 6.07) is 0. The second kappa shape index (κ2) is 3.03. The lowest BCUT2D eigenvalue weighted by Gasteiger charge is -2.34. The highest BCUT2D eigenvalue weighted by Gasteiger charge is 2.67. The molecule has 1 heterocycles. The standard InChI is InChI=1S/C9H11Cl3O/c1-2-3-6-8(10,11)5-4-7-9(6,12)13-7/h2,6-7H,1,3-5H2. The molecule has 2 fully saturated rings. The Balaban J connectivity index is 2.20. The molecule has 13 heavy (non-hydrogen) atoms. The second-order valence-corrected chi connectivity index (χ2v) is 5.81. The molecule has 0 aromatic carbocycles. The summed E-state index contributed by atoms with van der Waals surface area (Å²) < 4.78 is 4.65. The number of rotatable bonds is 2. The Hall–Kier alpha value is 0.570. The van der Waals surface area contributed by atoms with Gasteiger partial charge in [0.15, 0.2) is 5.06 Å². The SMILES string of the molecule is C=CCC1C(Cl)(Cl)CCC2OC21Cl. The van der Waals surface area contributed by atoms with E-state index in [1.54, 1.807) is 6.08 Å². The Morgan fingerprint density at radius 1 is 1.46 bits per heavy atom. The van der Waals surface area contributed by atoms with E-state index < -0.39 is 9.39 Å². The van der Waals surface area contributed by atoms with Crippen molar-refractivity contribution in [2.24, 2.45) is 5.92 Å². The molecule has 74 valence electrons. The van der Waals surface area contributed by atoms with Gasteiger partial charge in [0.2, 0.25) is 0 Å². The summed E-state index contributed by atoms with van der Waals surface area (Å²) in [7, 11) is 0. The van der Waals surface area contributed by atoms with Gasteiger partial charge in [0, 0.05) is 5.92 Å². The van der Waals surface area contributed by atoms with Crippen molar-refractivity contribution in [3.05, 3.63) is 12.7 Å². The van der Waals surface area contributed by atoms with E-state index in [4.69, 9.17) is 39.5 Å². The Morgan fingerprint density at radius 2 is 2.15 bits per heavy atom. The first-order valence-corrected chi connectivity index (χ1v) is 5.49. The molecule has 0 spiro atoms. The van der Waals surface area contributed by atoms with E-state index in [0.717, 1.165) is 12.8 Å². The monoisotopic (exact) mass is 240 g/mol. The van der Waals surface area contributed by atoms with Crippen LogP contribution in [0.3, 0.4) is 0 Å². The van der Waals surface area contributed by atoms with E-state index in [-0.39, 0.29) is 12.0 Å². The fraction of sp³-hybridized carbons (Fsp3) is 0.778. The van der Waals surface area contributed by atoms with Crippen molar-refractivity contribution in [1.29, 1.82) is 0 Å². The normalized spacial score (nSPS) is 46.7. The van der Waals surface area contributed by atoms with Crippen molar-refractivity contribution >= 4 is 34.8 Å². The maximum atomic E-state index is 6.24. The van der Waals surface area contributed by atoms with Crippen LogP contribution in [-0.4, -0.2) is 15.5 Å². The molecule has 0 N–H and O–H groups in total. The largest absolute Gasteiger partial charge is 0.349 e. The van der Waals surface area contributed by atoms with Crippen LogP contribution >= 0.6 is 34.8 Å². The third kappa shape index (κ3) is 1.50. The molecular formula is C9H11Cl3O. The van der Waals surface area contributed by atoms with Crippen molar-refractivity contribution in [1.82, 2.24) is 0 Å². The first kappa shape index (κ1) is 10.1. The lowest BCUT2D eigenvalue weighted by molar-refractivity contribution is 0.279. The predicted octanol–water partition coefficient (Wildman–Crippen LogP) is 3.48. The number of halogens is 3. The lowest BCUT2D eigenvalue weighted by atomic mass is 9.85. The number of allylic oxidation sites excluding steroid dienone is 1.